The Morgan fingerprint density at radius 1 is 0.322 bits per heavy atom. The van der Waals surface area contributed by atoms with E-state index in [-0.39, 0.29) is 0 Å². The Morgan fingerprint density at radius 2 is 0.559 bits per heavy atom. The van der Waals surface area contributed by atoms with Crippen molar-refractivity contribution in [1.82, 2.24) is 19.9 Å². The average molecular weight is 932 g/mol. The molecule has 2 aliphatic rings. The van der Waals surface area contributed by atoms with Gasteiger partial charge in [-0.05, 0) is 135 Å². The molecule has 0 amide bonds. The van der Waals surface area contributed by atoms with Crippen molar-refractivity contribution >= 4 is 139 Å². The summed E-state index contributed by atoms with van der Waals surface area (Å²) < 4.78 is 0. The minimum absolute atomic E-state index is 0.443. The van der Waals surface area contributed by atoms with Gasteiger partial charge in [0.05, 0.1) is 63.0 Å². The Morgan fingerprint density at radius 3 is 0.814 bits per heavy atom. The molecular weight excluding hydrogens is 904 g/mol. The van der Waals surface area contributed by atoms with Crippen LogP contribution in [0.15, 0.2) is 78.9 Å². The molecule has 0 atom stereocenters. The summed E-state index contributed by atoms with van der Waals surface area (Å²) >= 11 is 56.4. The monoisotopic (exact) mass is 928 g/mol. The van der Waals surface area contributed by atoms with Crippen LogP contribution in [0.4, 0.5) is 0 Å². The minimum Gasteiger partial charge on any atom is -0.354 e. The van der Waals surface area contributed by atoms with Crippen molar-refractivity contribution in [2.45, 2.75) is 20.8 Å². The molecule has 0 radical (unpaired) electrons. The first-order chi connectivity index (χ1) is 28.3. The molecule has 0 aliphatic carbocycles. The number of H-pyrrole nitrogens is 2. The first-order valence-electron chi connectivity index (χ1n) is 18.3. The van der Waals surface area contributed by atoms with Crippen molar-refractivity contribution in [3.05, 3.63) is 159 Å². The highest BCUT2D eigenvalue weighted by Gasteiger charge is 2.25. The second-order valence-electron chi connectivity index (χ2n) is 14.4. The molecule has 0 unspecified atom stereocenters. The van der Waals surface area contributed by atoms with E-state index in [1.807, 2.05) is 106 Å². The van der Waals surface area contributed by atoms with Crippen LogP contribution in [0.3, 0.4) is 0 Å². The quantitative estimate of drug-likeness (QED) is 0.185. The fourth-order valence-corrected chi connectivity index (χ4v) is 10.8. The van der Waals surface area contributed by atoms with E-state index in [4.69, 9.17) is 103 Å². The van der Waals surface area contributed by atoms with Crippen LogP contribution < -0.4 is 0 Å². The lowest BCUT2D eigenvalue weighted by Crippen LogP contribution is -1.93. The van der Waals surface area contributed by atoms with E-state index in [1.54, 1.807) is 18.2 Å². The number of aryl methyl sites for hydroxylation is 3. The first kappa shape index (κ1) is 40.2. The zero-order valence-corrected chi connectivity index (χ0v) is 37.3. The van der Waals surface area contributed by atoms with Gasteiger partial charge in [-0.2, -0.15) is 0 Å². The molecule has 2 aliphatic heterocycles. The maximum absolute atomic E-state index is 7.08. The Kier molecular flexibility index (Phi) is 10.7. The fraction of sp³-hybridized carbons (Fsp3) is 0.0638. The number of aromatic amines is 2. The van der Waals surface area contributed by atoms with Crippen LogP contribution >= 0.6 is 92.8 Å². The molecule has 0 fully saturated rings. The number of rotatable bonds is 4. The lowest BCUT2D eigenvalue weighted by Gasteiger charge is -2.12. The Balaban J connectivity index is 1.54. The summed E-state index contributed by atoms with van der Waals surface area (Å²) in [7, 11) is 0. The number of benzene rings is 4. The predicted octanol–water partition coefficient (Wildman–Crippen LogP) is 17.5. The van der Waals surface area contributed by atoms with Crippen molar-refractivity contribution < 1.29 is 0 Å². The molecule has 8 bridgehead atoms. The Labute approximate surface area is 380 Å². The van der Waals surface area contributed by atoms with E-state index in [1.165, 1.54) is 0 Å². The number of aromatic nitrogens is 4. The van der Waals surface area contributed by atoms with Crippen LogP contribution in [0.5, 0.6) is 0 Å². The lowest BCUT2D eigenvalue weighted by molar-refractivity contribution is 1.31. The third-order valence-electron chi connectivity index (χ3n) is 10.3. The highest BCUT2D eigenvalue weighted by atomic mass is 35.5. The third-order valence-corrected chi connectivity index (χ3v) is 12.7. The molecule has 292 valence electrons. The molecule has 59 heavy (non-hydrogen) atoms. The number of fused-ring (bicyclic) bond motifs is 8. The molecule has 0 saturated carbocycles. The van der Waals surface area contributed by atoms with Crippen molar-refractivity contribution in [3.8, 4) is 44.5 Å². The van der Waals surface area contributed by atoms with Gasteiger partial charge < -0.3 is 9.97 Å². The van der Waals surface area contributed by atoms with Gasteiger partial charge in [-0.15, -0.1) is 0 Å². The molecule has 3 aromatic heterocycles. The third kappa shape index (κ3) is 7.18. The summed E-state index contributed by atoms with van der Waals surface area (Å²) in [6.07, 6.45) is 7.71. The maximum Gasteiger partial charge on any atom is 0.0738 e. The number of hydrogen-bond donors (Lipinski definition) is 2. The van der Waals surface area contributed by atoms with Gasteiger partial charge in [-0.25, -0.2) is 9.97 Å². The fourth-order valence-electron chi connectivity index (χ4n) is 7.81. The molecule has 0 saturated heterocycles. The van der Waals surface area contributed by atoms with E-state index in [0.29, 0.717) is 130 Å². The molecular formula is C47H28Cl8N4. The van der Waals surface area contributed by atoms with Crippen molar-refractivity contribution in [1.29, 1.82) is 0 Å². The number of halogens is 8. The number of nitrogens with zero attached hydrogens (tertiary/aromatic N) is 2. The Bertz CT molecular complexity index is 3050. The predicted molar refractivity (Wildman–Crippen MR) is 255 cm³/mol. The van der Waals surface area contributed by atoms with Crippen molar-refractivity contribution in [2.24, 2.45) is 0 Å². The largest absolute Gasteiger partial charge is 0.354 e. The van der Waals surface area contributed by atoms with Crippen molar-refractivity contribution in [3.63, 3.8) is 0 Å². The van der Waals surface area contributed by atoms with Crippen LogP contribution in [-0.2, 0) is 0 Å². The average Bonchev–Trinajstić information content (AvgIpc) is 3.99. The minimum atomic E-state index is 0.443. The highest BCUT2D eigenvalue weighted by molar-refractivity contribution is 6.42. The summed E-state index contributed by atoms with van der Waals surface area (Å²) in [4.78, 5) is 17.9. The van der Waals surface area contributed by atoms with Gasteiger partial charge in [0.2, 0.25) is 0 Å². The molecule has 7 aromatic rings. The normalized spacial score (nSPS) is 12.2. The second-order valence-corrected chi connectivity index (χ2v) is 17.7. The molecule has 0 spiro atoms. The van der Waals surface area contributed by atoms with Gasteiger partial charge in [-0.3, -0.25) is 0 Å². The van der Waals surface area contributed by atoms with Crippen molar-refractivity contribution in [2.75, 3.05) is 0 Å². The van der Waals surface area contributed by atoms with E-state index < -0.39 is 0 Å². The van der Waals surface area contributed by atoms with Gasteiger partial charge in [0.15, 0.2) is 0 Å². The second kappa shape index (κ2) is 15.7. The van der Waals surface area contributed by atoms with Crippen LogP contribution in [0.1, 0.15) is 39.5 Å². The summed E-state index contributed by atoms with van der Waals surface area (Å²) in [6, 6.07) is 24.5. The molecule has 4 aromatic carbocycles. The van der Waals surface area contributed by atoms with E-state index in [2.05, 4.69) is 9.97 Å². The molecule has 2 N–H and O–H groups in total. The highest BCUT2D eigenvalue weighted by Crippen LogP contribution is 2.47. The summed E-state index contributed by atoms with van der Waals surface area (Å²) in [5.41, 5.74) is 12.9. The van der Waals surface area contributed by atoms with E-state index in [9.17, 15) is 0 Å². The van der Waals surface area contributed by atoms with Gasteiger partial charge in [0.1, 0.15) is 0 Å². The van der Waals surface area contributed by atoms with Gasteiger partial charge in [-0.1, -0.05) is 98.9 Å². The van der Waals surface area contributed by atoms with Crippen LogP contribution in [0.2, 0.25) is 40.2 Å². The SMILES string of the molecule is Cc1cc(Cl)c(-c2c3nc(c(-c4c(Cl)cc(C)cc4Cl)c4ccc([nH]4)c(-c4c(Cl)cc(C)cc4Cl)c4nc(c(-c5c(Cl)cccc5Cl)c5ccc2[nH]5)C=C4)C=C3)c(Cl)c1. The molecule has 4 nitrogen and oxygen atoms in total. The molecule has 12 heteroatoms. The summed E-state index contributed by atoms with van der Waals surface area (Å²) in [5, 5.41) is 3.64. The molecule has 9 rings (SSSR count). The van der Waals surface area contributed by atoms with Crippen LogP contribution in [-0.4, -0.2) is 19.9 Å². The molecule has 5 heterocycles. The van der Waals surface area contributed by atoms with E-state index in [0.717, 1.165) is 16.7 Å². The smallest absolute Gasteiger partial charge is 0.0738 e. The van der Waals surface area contributed by atoms with Crippen LogP contribution in [0, 0.1) is 20.8 Å². The number of nitrogens with one attached hydrogen (secondary N) is 2. The topological polar surface area (TPSA) is 57.4 Å². The van der Waals surface area contributed by atoms with Gasteiger partial charge in [0.25, 0.3) is 0 Å². The zero-order chi connectivity index (χ0) is 41.4. The standard InChI is InChI=1S/C47H28Cl8N4/c1-21-15-26(50)41(27(51)16-21)45-34-9-7-32(56-34)44(40-24(48)5-4-6-25(40)49)33-8-10-35(57-33)46(42-28(52)17-22(2)18-29(42)53)37-12-14-39(59-37)47(38-13-11-36(45)58-38)43-30(54)19-23(3)20-31(43)55/h4-20,56,59H,1-3H3. The maximum atomic E-state index is 7.08. The van der Waals surface area contributed by atoms with E-state index >= 15 is 0 Å². The summed E-state index contributed by atoms with van der Waals surface area (Å²) in [6.45, 7) is 5.83. The summed E-state index contributed by atoms with van der Waals surface area (Å²) in [5.74, 6) is 0. The number of hydrogen-bond acceptors (Lipinski definition) is 2. The Hall–Kier alpha value is -4.20. The first-order valence-corrected chi connectivity index (χ1v) is 21.3. The van der Waals surface area contributed by atoms with Crippen LogP contribution in [0.25, 0.3) is 90.9 Å². The van der Waals surface area contributed by atoms with Gasteiger partial charge in [0, 0.05) is 66.6 Å². The lowest BCUT2D eigenvalue weighted by atomic mass is 10.0. The zero-order valence-electron chi connectivity index (χ0n) is 31.2. The van der Waals surface area contributed by atoms with Gasteiger partial charge >= 0.3 is 0 Å².